The summed E-state index contributed by atoms with van der Waals surface area (Å²) in [6, 6.07) is 15.8. The van der Waals surface area contributed by atoms with E-state index in [-0.39, 0.29) is 24.7 Å². The van der Waals surface area contributed by atoms with Crippen molar-refractivity contribution in [3.8, 4) is 0 Å². The molecule has 1 unspecified atom stereocenters. The number of amidine groups is 1. The Bertz CT molecular complexity index is 1260. The molecule has 11 heteroatoms. The number of nitrogen functional groups attached to an aromatic ring is 1. The third-order valence-electron chi connectivity index (χ3n) is 4.61. The van der Waals surface area contributed by atoms with Gasteiger partial charge in [0.2, 0.25) is 6.23 Å². The van der Waals surface area contributed by atoms with Crippen molar-refractivity contribution in [1.29, 1.82) is 5.41 Å². The van der Waals surface area contributed by atoms with Crippen LogP contribution in [0.3, 0.4) is 0 Å². The van der Waals surface area contributed by atoms with Crippen LogP contribution in [0.2, 0.25) is 0 Å². The third-order valence-corrected chi connectivity index (χ3v) is 4.61. The highest BCUT2D eigenvalue weighted by atomic mass is 19.1. The molecule has 36 heavy (non-hydrogen) atoms. The lowest BCUT2D eigenvalue weighted by molar-refractivity contribution is -0.139. The fourth-order valence-corrected chi connectivity index (χ4v) is 3.03. The second-order valence-electron chi connectivity index (χ2n) is 7.42. The minimum Gasteiger partial charge on any atom is -0.481 e. The van der Waals surface area contributed by atoms with Crippen molar-refractivity contribution in [3.05, 3.63) is 94.2 Å². The zero-order chi connectivity index (χ0) is 26.7. The van der Waals surface area contributed by atoms with Gasteiger partial charge in [-0.05, 0) is 42.8 Å². The summed E-state index contributed by atoms with van der Waals surface area (Å²) in [7, 11) is 0. The summed E-state index contributed by atoms with van der Waals surface area (Å²) in [6.07, 6.45) is 0.277. The zero-order valence-corrected chi connectivity index (χ0v) is 19.8. The Morgan fingerprint density at radius 2 is 1.83 bits per heavy atom. The van der Waals surface area contributed by atoms with Gasteiger partial charge in [-0.15, -0.1) is 0 Å². The van der Waals surface area contributed by atoms with E-state index in [1.54, 1.807) is 49.4 Å². The van der Waals surface area contributed by atoms with Gasteiger partial charge in [0.15, 0.2) is 0 Å². The number of carbonyl (C=O) groups is 2. The molecule has 2 aromatic carbocycles. The number of benzene rings is 2. The van der Waals surface area contributed by atoms with Gasteiger partial charge >= 0.3 is 0 Å². The number of anilines is 2. The first-order valence-electron chi connectivity index (χ1n) is 10.9. The van der Waals surface area contributed by atoms with Crippen LogP contribution in [-0.4, -0.2) is 34.0 Å². The molecule has 1 amide bonds. The Balaban J connectivity index is 0.00000106. The van der Waals surface area contributed by atoms with Crippen LogP contribution in [0.1, 0.15) is 31.2 Å². The van der Waals surface area contributed by atoms with Gasteiger partial charge < -0.3 is 26.2 Å². The minimum atomic E-state index is -1.18. The number of aliphatic carboxylic acids is 1. The van der Waals surface area contributed by atoms with E-state index in [0.29, 0.717) is 11.3 Å². The normalized spacial score (nSPS) is 11.0. The fourth-order valence-electron chi connectivity index (χ4n) is 3.03. The summed E-state index contributed by atoms with van der Waals surface area (Å²) >= 11 is 0. The second kappa shape index (κ2) is 13.4. The number of carboxylic acid groups (broad SMARTS) is 1. The van der Waals surface area contributed by atoms with Crippen LogP contribution in [0.25, 0.3) is 0 Å². The molecule has 0 bridgehead atoms. The predicted octanol–water partition coefficient (Wildman–Crippen LogP) is 2.96. The maximum Gasteiger partial charge on any atom is 0.300 e. The van der Waals surface area contributed by atoms with Crippen LogP contribution in [0, 0.1) is 11.2 Å². The van der Waals surface area contributed by atoms with Gasteiger partial charge in [-0.2, -0.15) is 0 Å². The molecule has 0 saturated heterocycles. The highest BCUT2D eigenvalue weighted by Crippen LogP contribution is 2.16. The Hall–Kier alpha value is -4.51. The van der Waals surface area contributed by atoms with Crippen molar-refractivity contribution >= 4 is 29.1 Å². The minimum absolute atomic E-state index is 0.0388. The largest absolute Gasteiger partial charge is 0.481 e. The highest BCUT2D eigenvalue weighted by molar-refractivity contribution is 5.94. The molecule has 6 N–H and O–H groups in total. The summed E-state index contributed by atoms with van der Waals surface area (Å²) < 4.78 is 20.2. The summed E-state index contributed by atoms with van der Waals surface area (Å²) in [5, 5.41) is 20.5. The van der Waals surface area contributed by atoms with Gasteiger partial charge in [0.1, 0.15) is 17.3 Å². The Labute approximate surface area is 207 Å². The zero-order valence-electron chi connectivity index (χ0n) is 19.8. The topological polar surface area (TPSA) is 160 Å². The number of halogens is 1. The summed E-state index contributed by atoms with van der Waals surface area (Å²) in [5.74, 6) is -1.80. The third kappa shape index (κ3) is 8.37. The number of aromatic nitrogens is 1. The van der Waals surface area contributed by atoms with Crippen LogP contribution in [0.15, 0.2) is 71.7 Å². The smallest absolute Gasteiger partial charge is 0.300 e. The molecule has 0 aliphatic carbocycles. The van der Waals surface area contributed by atoms with E-state index < -0.39 is 29.5 Å². The van der Waals surface area contributed by atoms with Crippen molar-refractivity contribution in [3.63, 3.8) is 0 Å². The van der Waals surface area contributed by atoms with Crippen LogP contribution >= 0.6 is 0 Å². The van der Waals surface area contributed by atoms with Gasteiger partial charge in [0.05, 0.1) is 0 Å². The number of nitrogens with zero attached hydrogens (tertiary/aromatic N) is 1. The Morgan fingerprint density at radius 1 is 1.17 bits per heavy atom. The number of nitrogens with one attached hydrogen (secondary N) is 3. The molecule has 0 saturated carbocycles. The van der Waals surface area contributed by atoms with Crippen molar-refractivity contribution < 1.29 is 23.8 Å². The Kier molecular flexibility index (Phi) is 10.3. The Morgan fingerprint density at radius 3 is 2.42 bits per heavy atom. The van der Waals surface area contributed by atoms with E-state index >= 15 is 0 Å². The average molecular weight is 498 g/mol. The van der Waals surface area contributed by atoms with Crippen molar-refractivity contribution in [1.82, 2.24) is 9.88 Å². The number of carbonyl (C=O) groups excluding carboxylic acids is 1. The quantitative estimate of drug-likeness (QED) is 0.224. The molecule has 0 aliphatic rings. The number of pyridine rings is 1. The molecule has 10 nitrogen and oxygen atoms in total. The second-order valence-corrected chi connectivity index (χ2v) is 7.42. The van der Waals surface area contributed by atoms with Crippen LogP contribution in [-0.2, 0) is 20.9 Å². The van der Waals surface area contributed by atoms with E-state index in [1.807, 2.05) is 0 Å². The molecule has 190 valence electrons. The lowest BCUT2D eigenvalue weighted by Crippen LogP contribution is -2.38. The van der Waals surface area contributed by atoms with Gasteiger partial charge in [0, 0.05) is 37.5 Å². The number of rotatable bonds is 9. The molecule has 1 aromatic heterocycles. The lowest BCUT2D eigenvalue weighted by Gasteiger charge is -2.20. The van der Waals surface area contributed by atoms with Crippen LogP contribution in [0.5, 0.6) is 0 Å². The van der Waals surface area contributed by atoms with Crippen LogP contribution in [0.4, 0.5) is 15.8 Å². The fraction of sp³-hybridized carbons (Fsp3) is 0.200. The first-order valence-corrected chi connectivity index (χ1v) is 10.9. The van der Waals surface area contributed by atoms with Gasteiger partial charge in [-0.3, -0.25) is 24.4 Å². The maximum atomic E-state index is 13.5. The first kappa shape index (κ1) is 27.7. The van der Waals surface area contributed by atoms with Gasteiger partial charge in [-0.1, -0.05) is 30.3 Å². The SMILES string of the molecule is CC(=O)O.CCOC(C(=O)NCc1ccc(C(=N)N)cc1)n1cccc(Nc2cccc(F)c2)c1=O. The van der Waals surface area contributed by atoms with Crippen molar-refractivity contribution in [2.45, 2.75) is 26.6 Å². The standard InChI is InChI=1S/C23H24FN5O3.C2H4O2/c1-2-32-23(21(30)27-14-15-8-10-16(11-9-15)20(25)26)29-12-4-7-19(22(29)31)28-18-6-3-5-17(24)13-18;1-2(3)4/h3-13,23,28H,2,14H2,1H3,(H3,25,26)(H,27,30);1H3,(H,3,4). The van der Waals surface area contributed by atoms with E-state index in [1.165, 1.54) is 29.0 Å². The average Bonchev–Trinajstić information content (AvgIpc) is 2.82. The summed E-state index contributed by atoms with van der Waals surface area (Å²) in [5.41, 5.74) is 6.93. The van der Waals surface area contributed by atoms with E-state index in [4.69, 9.17) is 25.8 Å². The molecule has 1 heterocycles. The number of hydrogen-bond donors (Lipinski definition) is 5. The number of amides is 1. The number of carboxylic acids is 1. The molecular formula is C25H28FN5O5. The van der Waals surface area contributed by atoms with Gasteiger partial charge in [0.25, 0.3) is 17.4 Å². The van der Waals surface area contributed by atoms with E-state index in [0.717, 1.165) is 12.5 Å². The van der Waals surface area contributed by atoms with Crippen LogP contribution < -0.4 is 21.9 Å². The molecule has 0 aliphatic heterocycles. The van der Waals surface area contributed by atoms with Gasteiger partial charge in [-0.25, -0.2) is 4.39 Å². The van der Waals surface area contributed by atoms with Crippen molar-refractivity contribution in [2.75, 3.05) is 11.9 Å². The summed E-state index contributed by atoms with van der Waals surface area (Å²) in [4.78, 5) is 34.8. The lowest BCUT2D eigenvalue weighted by atomic mass is 10.1. The van der Waals surface area contributed by atoms with E-state index in [2.05, 4.69) is 10.6 Å². The first-order chi connectivity index (χ1) is 17.1. The molecular weight excluding hydrogens is 469 g/mol. The maximum absolute atomic E-state index is 13.5. The molecule has 0 fully saturated rings. The molecule has 0 spiro atoms. The number of ether oxygens (including phenoxy) is 1. The molecule has 3 rings (SSSR count). The number of nitrogens with two attached hydrogens (primary N) is 1. The van der Waals surface area contributed by atoms with E-state index in [9.17, 15) is 14.0 Å². The highest BCUT2D eigenvalue weighted by Gasteiger charge is 2.22. The monoisotopic (exact) mass is 497 g/mol. The predicted molar refractivity (Wildman–Crippen MR) is 134 cm³/mol. The molecule has 0 radical (unpaired) electrons. The number of hydrogen-bond acceptors (Lipinski definition) is 6. The van der Waals surface area contributed by atoms with Crippen molar-refractivity contribution in [2.24, 2.45) is 5.73 Å². The summed E-state index contributed by atoms with van der Waals surface area (Å²) in [6.45, 7) is 3.22. The molecule has 1 atom stereocenters. The molecule has 3 aromatic rings.